The first-order valence-corrected chi connectivity index (χ1v) is 8.31. The number of anilines is 1. The molecule has 1 N–H and O–H groups in total. The van der Waals surface area contributed by atoms with E-state index in [0.29, 0.717) is 0 Å². The molecule has 1 heterocycles. The highest BCUT2D eigenvalue weighted by molar-refractivity contribution is 9.10. The smallest absolute Gasteiger partial charge is 0.278 e. The molecule has 112 valence electrons. The zero-order chi connectivity index (χ0) is 15.8. The van der Waals surface area contributed by atoms with E-state index in [1.165, 1.54) is 25.2 Å². The lowest BCUT2D eigenvalue weighted by Crippen LogP contribution is -2.17. The highest BCUT2D eigenvalue weighted by Gasteiger charge is 2.24. The lowest BCUT2D eigenvalue weighted by molar-refractivity contribution is -0.385. The molecule has 0 bridgehead atoms. The van der Waals surface area contributed by atoms with Gasteiger partial charge in [0.2, 0.25) is 5.03 Å². The van der Waals surface area contributed by atoms with Crippen LogP contribution in [-0.4, -0.2) is 28.3 Å². The first-order chi connectivity index (χ1) is 9.72. The van der Waals surface area contributed by atoms with Crippen molar-refractivity contribution in [3.8, 4) is 0 Å². The summed E-state index contributed by atoms with van der Waals surface area (Å²) in [5.74, 6) is 0. The van der Waals surface area contributed by atoms with Crippen molar-refractivity contribution < 1.29 is 13.3 Å². The minimum absolute atomic E-state index is 0.0680. The Hall–Kier alpha value is -1.53. The number of hydrogen-bond donors (Lipinski definition) is 1. The van der Waals surface area contributed by atoms with Crippen molar-refractivity contribution >= 4 is 53.3 Å². The quantitative estimate of drug-likeness (QED) is 0.573. The van der Waals surface area contributed by atoms with Crippen molar-refractivity contribution in [3.63, 3.8) is 0 Å². The van der Waals surface area contributed by atoms with Crippen LogP contribution in [0, 0.1) is 10.1 Å². The van der Waals surface area contributed by atoms with E-state index in [4.69, 9.17) is 0 Å². The van der Waals surface area contributed by atoms with Crippen LogP contribution in [-0.2, 0) is 17.1 Å². The maximum Gasteiger partial charge on any atom is 0.283 e. The van der Waals surface area contributed by atoms with Crippen molar-refractivity contribution in [1.29, 1.82) is 0 Å². The van der Waals surface area contributed by atoms with Gasteiger partial charge < -0.3 is 0 Å². The molecule has 2 rings (SSSR count). The standard InChI is InChI=1S/C9H7Br2N5O4S/c1-15-9(8(11)12-14-15)21(19,20)13-5-2-3-7(16(17)18)6(10)4-5/h2-4,13H,1H3. The molecule has 0 atom stereocenters. The van der Waals surface area contributed by atoms with Gasteiger partial charge in [-0.1, -0.05) is 5.21 Å². The molecule has 0 amide bonds. The number of nitro benzene ring substituents is 1. The number of hydrogen-bond acceptors (Lipinski definition) is 6. The molecule has 0 aliphatic carbocycles. The van der Waals surface area contributed by atoms with Gasteiger partial charge in [-0.25, -0.2) is 4.68 Å². The lowest BCUT2D eigenvalue weighted by atomic mass is 10.3. The molecule has 0 saturated carbocycles. The molecule has 1 aromatic carbocycles. The summed E-state index contributed by atoms with van der Waals surface area (Å²) in [6.07, 6.45) is 0. The fourth-order valence-corrected chi connectivity index (χ4v) is 4.20. The summed E-state index contributed by atoms with van der Waals surface area (Å²) in [5, 5.41) is 17.7. The summed E-state index contributed by atoms with van der Waals surface area (Å²) >= 11 is 6.02. The second-order valence-electron chi connectivity index (χ2n) is 3.84. The predicted molar refractivity (Wildman–Crippen MR) is 80.3 cm³/mol. The van der Waals surface area contributed by atoms with Crippen LogP contribution < -0.4 is 4.72 Å². The van der Waals surface area contributed by atoms with Crippen LogP contribution in [0.3, 0.4) is 0 Å². The van der Waals surface area contributed by atoms with Gasteiger partial charge >= 0.3 is 0 Å². The Morgan fingerprint density at radius 1 is 1.38 bits per heavy atom. The largest absolute Gasteiger partial charge is 0.283 e. The van der Waals surface area contributed by atoms with Crippen LogP contribution in [0.4, 0.5) is 11.4 Å². The number of halogens is 2. The maximum atomic E-state index is 12.2. The third kappa shape index (κ3) is 3.22. The molecule has 21 heavy (non-hydrogen) atoms. The van der Waals surface area contributed by atoms with Crippen molar-refractivity contribution in [2.45, 2.75) is 5.03 Å². The number of benzene rings is 1. The number of sulfonamides is 1. The zero-order valence-electron chi connectivity index (χ0n) is 10.3. The summed E-state index contributed by atoms with van der Waals surface area (Å²) < 4.78 is 28.1. The van der Waals surface area contributed by atoms with Crippen LogP contribution in [0.1, 0.15) is 0 Å². The van der Waals surface area contributed by atoms with E-state index in [9.17, 15) is 18.5 Å². The van der Waals surface area contributed by atoms with Gasteiger partial charge in [0.1, 0.15) is 0 Å². The molecule has 0 saturated heterocycles. The van der Waals surface area contributed by atoms with Crippen LogP contribution in [0.2, 0.25) is 0 Å². The fraction of sp³-hybridized carbons (Fsp3) is 0.111. The predicted octanol–water partition coefficient (Wildman–Crippen LogP) is 2.05. The normalized spacial score (nSPS) is 11.4. The highest BCUT2D eigenvalue weighted by atomic mass is 79.9. The first kappa shape index (κ1) is 15.9. The molecule has 1 aromatic heterocycles. The van der Waals surface area contributed by atoms with Crippen LogP contribution in [0.15, 0.2) is 32.3 Å². The van der Waals surface area contributed by atoms with Crippen LogP contribution in [0.5, 0.6) is 0 Å². The average Bonchev–Trinajstić information content (AvgIpc) is 2.68. The minimum Gasteiger partial charge on any atom is -0.278 e. The summed E-state index contributed by atoms with van der Waals surface area (Å²) in [6.45, 7) is 0. The van der Waals surface area contributed by atoms with E-state index >= 15 is 0 Å². The molecule has 0 unspecified atom stereocenters. The van der Waals surface area contributed by atoms with Gasteiger partial charge in [-0.2, -0.15) is 8.42 Å². The second-order valence-corrected chi connectivity index (χ2v) is 7.04. The Morgan fingerprint density at radius 3 is 2.52 bits per heavy atom. The molecule has 0 spiro atoms. The Morgan fingerprint density at radius 2 is 2.05 bits per heavy atom. The van der Waals surface area contributed by atoms with Crippen LogP contribution >= 0.6 is 31.9 Å². The van der Waals surface area contributed by atoms with Crippen molar-refractivity contribution in [2.24, 2.45) is 7.05 Å². The second kappa shape index (κ2) is 5.69. The van der Waals surface area contributed by atoms with Crippen molar-refractivity contribution in [2.75, 3.05) is 4.72 Å². The molecule has 0 fully saturated rings. The van der Waals surface area contributed by atoms with Gasteiger partial charge in [0, 0.05) is 13.1 Å². The molecule has 0 radical (unpaired) electrons. The Bertz CT molecular complexity index is 800. The maximum absolute atomic E-state index is 12.2. The van der Waals surface area contributed by atoms with E-state index in [1.807, 2.05) is 0 Å². The summed E-state index contributed by atoms with van der Waals surface area (Å²) in [4.78, 5) is 10.1. The first-order valence-electron chi connectivity index (χ1n) is 5.24. The monoisotopic (exact) mass is 439 g/mol. The molecular formula is C9H7Br2N5O4S. The van der Waals surface area contributed by atoms with E-state index in [1.54, 1.807) is 0 Å². The van der Waals surface area contributed by atoms with E-state index in [-0.39, 0.29) is 25.5 Å². The fourth-order valence-electron chi connectivity index (χ4n) is 1.53. The topological polar surface area (TPSA) is 120 Å². The molecule has 0 aliphatic heterocycles. The summed E-state index contributed by atoms with van der Waals surface area (Å²) in [5.41, 5.74) is 0.00176. The Labute approximate surface area is 135 Å². The summed E-state index contributed by atoms with van der Waals surface area (Å²) in [6, 6.07) is 3.78. The molecular weight excluding hydrogens is 434 g/mol. The molecule has 0 aliphatic rings. The molecule has 2 aromatic rings. The number of rotatable bonds is 4. The van der Waals surface area contributed by atoms with E-state index in [0.717, 1.165) is 4.68 Å². The van der Waals surface area contributed by atoms with Gasteiger partial charge in [0.25, 0.3) is 15.7 Å². The van der Waals surface area contributed by atoms with E-state index in [2.05, 4.69) is 46.9 Å². The highest BCUT2D eigenvalue weighted by Crippen LogP contribution is 2.29. The number of nitro groups is 1. The van der Waals surface area contributed by atoms with Crippen LogP contribution in [0.25, 0.3) is 0 Å². The Balaban J connectivity index is 2.38. The lowest BCUT2D eigenvalue weighted by Gasteiger charge is -2.08. The average molecular weight is 441 g/mol. The molecule has 9 nitrogen and oxygen atoms in total. The van der Waals surface area contributed by atoms with Crippen molar-refractivity contribution in [1.82, 2.24) is 15.0 Å². The zero-order valence-corrected chi connectivity index (χ0v) is 14.3. The van der Waals surface area contributed by atoms with Gasteiger partial charge in [-0.15, -0.1) is 5.10 Å². The number of aryl methyl sites for hydroxylation is 1. The Kier molecular flexibility index (Phi) is 4.30. The van der Waals surface area contributed by atoms with Gasteiger partial charge in [-0.3, -0.25) is 14.8 Å². The third-order valence-corrected chi connectivity index (χ3v) is 5.29. The number of aromatic nitrogens is 3. The van der Waals surface area contributed by atoms with Gasteiger partial charge in [0.15, 0.2) is 4.60 Å². The third-order valence-electron chi connectivity index (χ3n) is 2.39. The number of nitrogens with one attached hydrogen (secondary N) is 1. The van der Waals surface area contributed by atoms with Crippen molar-refractivity contribution in [3.05, 3.63) is 37.4 Å². The number of nitrogens with zero attached hydrogens (tertiary/aromatic N) is 4. The van der Waals surface area contributed by atoms with Gasteiger partial charge in [-0.05, 0) is 44.0 Å². The minimum atomic E-state index is -3.93. The molecule has 12 heteroatoms. The summed E-state index contributed by atoms with van der Waals surface area (Å²) in [7, 11) is -2.50. The van der Waals surface area contributed by atoms with Gasteiger partial charge in [0.05, 0.1) is 15.1 Å². The van der Waals surface area contributed by atoms with E-state index < -0.39 is 14.9 Å². The SMILES string of the molecule is Cn1nnc(Br)c1S(=O)(=O)Nc1ccc([N+](=O)[O-])c(Br)c1.